The van der Waals surface area contributed by atoms with E-state index in [4.69, 9.17) is 16.4 Å². The van der Waals surface area contributed by atoms with Crippen LogP contribution in [0.2, 0.25) is 0 Å². The average molecular weight is 382 g/mol. The van der Waals surface area contributed by atoms with Crippen molar-refractivity contribution in [2.45, 2.75) is 70.1 Å². The second-order valence-corrected chi connectivity index (χ2v) is 7.81. The molecule has 26 heavy (non-hydrogen) atoms. The SMILES string of the molecule is CCC(CC)C1(NCc2ccc(C3NOC(C)N3)cc2)CC(Cl)NCN1. The topological polar surface area (TPSA) is 69.4 Å². The van der Waals surface area contributed by atoms with Gasteiger partial charge in [-0.3, -0.25) is 26.1 Å². The Morgan fingerprint density at radius 3 is 2.58 bits per heavy atom. The number of rotatable bonds is 7. The predicted molar refractivity (Wildman–Crippen MR) is 105 cm³/mol. The molecule has 0 aromatic heterocycles. The molecule has 6 nitrogen and oxygen atoms in total. The van der Waals surface area contributed by atoms with Gasteiger partial charge >= 0.3 is 0 Å². The van der Waals surface area contributed by atoms with E-state index in [1.807, 2.05) is 6.92 Å². The van der Waals surface area contributed by atoms with Crippen LogP contribution in [0, 0.1) is 5.92 Å². The zero-order chi connectivity index (χ0) is 18.6. The third kappa shape index (κ3) is 4.57. The molecular formula is C19H32ClN5O. The van der Waals surface area contributed by atoms with Crippen molar-refractivity contribution < 1.29 is 4.84 Å². The van der Waals surface area contributed by atoms with Gasteiger partial charge in [0, 0.05) is 19.6 Å². The average Bonchev–Trinajstić information content (AvgIpc) is 3.08. The van der Waals surface area contributed by atoms with Gasteiger partial charge in [-0.05, 0) is 24.0 Å². The largest absolute Gasteiger partial charge is 0.295 e. The quantitative estimate of drug-likeness (QED) is 0.369. The molecule has 4 unspecified atom stereocenters. The van der Waals surface area contributed by atoms with Crippen LogP contribution in [-0.2, 0) is 11.4 Å². The Hall–Kier alpha value is -0.730. The molecule has 0 amide bonds. The van der Waals surface area contributed by atoms with Crippen molar-refractivity contribution in [3.05, 3.63) is 35.4 Å². The minimum Gasteiger partial charge on any atom is -0.295 e. The van der Waals surface area contributed by atoms with E-state index in [0.717, 1.165) is 32.5 Å². The molecule has 2 aliphatic rings. The predicted octanol–water partition coefficient (Wildman–Crippen LogP) is 2.48. The fraction of sp³-hybridized carbons (Fsp3) is 0.684. The zero-order valence-corrected chi connectivity index (χ0v) is 16.7. The molecule has 1 aromatic rings. The molecule has 0 saturated carbocycles. The van der Waals surface area contributed by atoms with Gasteiger partial charge in [0.1, 0.15) is 12.4 Å². The van der Waals surface area contributed by atoms with Gasteiger partial charge in [0.25, 0.3) is 0 Å². The van der Waals surface area contributed by atoms with Gasteiger partial charge in [0.15, 0.2) is 0 Å². The Bertz CT molecular complexity index is 568. The summed E-state index contributed by atoms with van der Waals surface area (Å²) in [4.78, 5) is 5.35. The van der Waals surface area contributed by atoms with E-state index < -0.39 is 0 Å². The molecule has 2 heterocycles. The molecule has 0 bridgehead atoms. The van der Waals surface area contributed by atoms with Gasteiger partial charge in [-0.2, -0.15) is 5.48 Å². The third-order valence-corrected chi connectivity index (χ3v) is 5.90. The maximum absolute atomic E-state index is 6.43. The lowest BCUT2D eigenvalue weighted by atomic mass is 9.83. The fourth-order valence-electron chi connectivity index (χ4n) is 4.05. The zero-order valence-electron chi connectivity index (χ0n) is 15.9. The van der Waals surface area contributed by atoms with E-state index in [0.29, 0.717) is 5.92 Å². The molecular weight excluding hydrogens is 350 g/mol. The Morgan fingerprint density at radius 2 is 2.00 bits per heavy atom. The minimum atomic E-state index is -0.127. The highest BCUT2D eigenvalue weighted by atomic mass is 35.5. The van der Waals surface area contributed by atoms with Crippen molar-refractivity contribution in [2.24, 2.45) is 5.92 Å². The molecule has 5 N–H and O–H groups in total. The summed E-state index contributed by atoms with van der Waals surface area (Å²) in [5.41, 5.74) is 5.31. The van der Waals surface area contributed by atoms with Crippen LogP contribution in [0.1, 0.15) is 57.3 Å². The monoisotopic (exact) mass is 381 g/mol. The van der Waals surface area contributed by atoms with E-state index in [1.165, 1.54) is 11.1 Å². The number of hydrogen-bond acceptors (Lipinski definition) is 6. The molecule has 0 aliphatic carbocycles. The normalized spacial score (nSPS) is 32.3. The highest BCUT2D eigenvalue weighted by molar-refractivity contribution is 6.20. The smallest absolute Gasteiger partial charge is 0.128 e. The van der Waals surface area contributed by atoms with Crippen LogP contribution in [-0.4, -0.2) is 24.1 Å². The highest BCUT2D eigenvalue weighted by Crippen LogP contribution is 2.30. The van der Waals surface area contributed by atoms with Crippen LogP contribution >= 0.6 is 11.6 Å². The molecule has 2 aliphatic heterocycles. The van der Waals surface area contributed by atoms with Gasteiger partial charge in [-0.1, -0.05) is 51.0 Å². The summed E-state index contributed by atoms with van der Waals surface area (Å²) < 4.78 is 0. The lowest BCUT2D eigenvalue weighted by Gasteiger charge is -2.46. The summed E-state index contributed by atoms with van der Waals surface area (Å²) in [6.07, 6.45) is 3.18. The van der Waals surface area contributed by atoms with E-state index in [2.05, 4.69) is 64.9 Å². The molecule has 7 heteroatoms. The second-order valence-electron chi connectivity index (χ2n) is 7.29. The molecule has 146 valence electrons. The standard InChI is InChI=1S/C19H32ClN5O/c1-4-16(5-2)19(10-17(20)21-12-23-19)22-11-14-6-8-15(9-7-14)18-24-13(3)26-25-18/h6-9,13,16-18,21-25H,4-5,10-12H2,1-3H3. The van der Waals surface area contributed by atoms with Crippen molar-refractivity contribution in [1.82, 2.24) is 26.7 Å². The van der Waals surface area contributed by atoms with Gasteiger partial charge < -0.3 is 0 Å². The Morgan fingerprint density at radius 1 is 1.27 bits per heavy atom. The maximum atomic E-state index is 6.43. The first-order valence-corrected chi connectivity index (χ1v) is 10.1. The first-order valence-electron chi connectivity index (χ1n) is 9.70. The molecule has 3 rings (SSSR count). The van der Waals surface area contributed by atoms with Gasteiger partial charge in [0.2, 0.25) is 0 Å². The number of hydroxylamine groups is 1. The number of halogens is 1. The van der Waals surface area contributed by atoms with E-state index in [9.17, 15) is 0 Å². The molecule has 1 aromatic carbocycles. The third-order valence-electron chi connectivity index (χ3n) is 5.60. The summed E-state index contributed by atoms with van der Waals surface area (Å²) in [6.45, 7) is 8.03. The van der Waals surface area contributed by atoms with Crippen molar-refractivity contribution >= 4 is 11.6 Å². The second kappa shape index (κ2) is 8.97. The van der Waals surface area contributed by atoms with E-state index in [1.54, 1.807) is 0 Å². The first kappa shape index (κ1) is 20.0. The highest BCUT2D eigenvalue weighted by Gasteiger charge is 2.40. The number of alkyl halides is 1. The van der Waals surface area contributed by atoms with E-state index in [-0.39, 0.29) is 23.6 Å². The van der Waals surface area contributed by atoms with Crippen LogP contribution in [0.4, 0.5) is 0 Å². The number of hydrogen-bond donors (Lipinski definition) is 5. The van der Waals surface area contributed by atoms with E-state index >= 15 is 0 Å². The van der Waals surface area contributed by atoms with Crippen LogP contribution in [0.15, 0.2) is 24.3 Å². The van der Waals surface area contributed by atoms with Gasteiger partial charge in [-0.25, -0.2) is 0 Å². The maximum Gasteiger partial charge on any atom is 0.128 e. The summed E-state index contributed by atoms with van der Waals surface area (Å²) in [6, 6.07) is 8.64. The van der Waals surface area contributed by atoms with Crippen molar-refractivity contribution in [2.75, 3.05) is 6.67 Å². The molecule has 0 radical (unpaired) electrons. The van der Waals surface area contributed by atoms with Crippen LogP contribution < -0.4 is 26.7 Å². The number of nitrogens with one attached hydrogen (secondary N) is 5. The van der Waals surface area contributed by atoms with Crippen molar-refractivity contribution in [3.63, 3.8) is 0 Å². The summed E-state index contributed by atoms with van der Waals surface area (Å²) in [5, 5.41) is 14.0. The molecule has 0 spiro atoms. The lowest BCUT2D eigenvalue weighted by Crippen LogP contribution is -2.68. The Kier molecular flexibility index (Phi) is 6.91. The lowest BCUT2D eigenvalue weighted by molar-refractivity contribution is 0.0329. The van der Waals surface area contributed by atoms with Crippen LogP contribution in [0.25, 0.3) is 0 Å². The van der Waals surface area contributed by atoms with Gasteiger partial charge in [0.05, 0.1) is 11.2 Å². The fourth-order valence-corrected chi connectivity index (χ4v) is 4.37. The minimum absolute atomic E-state index is 0.00627. The molecule has 2 fully saturated rings. The Balaban J connectivity index is 1.65. The first-order chi connectivity index (χ1) is 12.6. The molecule has 4 atom stereocenters. The van der Waals surface area contributed by atoms with Crippen molar-refractivity contribution in [3.8, 4) is 0 Å². The summed E-state index contributed by atoms with van der Waals surface area (Å²) in [5.74, 6) is 0.538. The molecule has 2 saturated heterocycles. The Labute approximate surface area is 161 Å². The summed E-state index contributed by atoms with van der Waals surface area (Å²) >= 11 is 6.43. The van der Waals surface area contributed by atoms with Crippen LogP contribution in [0.3, 0.4) is 0 Å². The number of benzene rings is 1. The summed E-state index contributed by atoms with van der Waals surface area (Å²) in [7, 11) is 0. The van der Waals surface area contributed by atoms with Gasteiger partial charge in [-0.15, -0.1) is 11.6 Å². The van der Waals surface area contributed by atoms with Crippen LogP contribution in [0.5, 0.6) is 0 Å². The van der Waals surface area contributed by atoms with Crippen molar-refractivity contribution in [1.29, 1.82) is 0 Å².